The zero-order chi connectivity index (χ0) is 8.55. The Kier molecular flexibility index (Phi) is 1.40. The van der Waals surface area contributed by atoms with E-state index in [-0.39, 0.29) is 0 Å². The number of hydrogen-bond acceptors (Lipinski definition) is 1. The summed E-state index contributed by atoms with van der Waals surface area (Å²) in [6, 6.07) is 3.93. The van der Waals surface area contributed by atoms with Gasteiger partial charge in [0, 0.05) is 0 Å². The third kappa shape index (κ3) is 0.887. The van der Waals surface area contributed by atoms with Crippen LogP contribution in [-0.2, 0) is 7.05 Å². The molecule has 0 amide bonds. The molecule has 2 heterocycles. The van der Waals surface area contributed by atoms with Crippen LogP contribution in [0.1, 0.15) is 0 Å². The predicted octanol–water partition coefficient (Wildman–Crippen LogP) is 0.212. The van der Waals surface area contributed by atoms with Crippen LogP contribution in [0.15, 0.2) is 30.7 Å². The number of rotatable bonds is 1. The largest absolute Gasteiger partial charge is 0.391 e. The van der Waals surface area contributed by atoms with Crippen LogP contribution in [0.2, 0.25) is 0 Å². The van der Waals surface area contributed by atoms with Crippen molar-refractivity contribution in [1.82, 2.24) is 9.67 Å². The minimum atomic E-state index is 0.744. The average Bonchev–Trinajstić information content (AvgIpc) is 2.61. The van der Waals surface area contributed by atoms with Gasteiger partial charge >= 0.3 is 5.82 Å². The number of aromatic amines is 1. The van der Waals surface area contributed by atoms with Gasteiger partial charge < -0.3 is 5.73 Å². The first-order chi connectivity index (χ1) is 5.79. The van der Waals surface area contributed by atoms with Crippen LogP contribution in [0.5, 0.6) is 0 Å². The van der Waals surface area contributed by atoms with Crippen molar-refractivity contribution in [3.05, 3.63) is 30.7 Å². The molecular formula is C8H11N4+. The minimum Gasteiger partial charge on any atom is -0.391 e. The Balaban J connectivity index is 2.60. The lowest BCUT2D eigenvalue weighted by molar-refractivity contribution is -0.721. The quantitative estimate of drug-likeness (QED) is 0.580. The van der Waals surface area contributed by atoms with Crippen molar-refractivity contribution < 1.29 is 4.68 Å². The standard InChI is InChI=1S/C8H10N4/c1-11-8(7(9)6-10-11)12-4-2-3-5-12/h2-6H,9H2,1H3/p+1. The van der Waals surface area contributed by atoms with E-state index >= 15 is 0 Å². The molecule has 0 aliphatic carbocycles. The number of nitrogens with one attached hydrogen (secondary N) is 1. The van der Waals surface area contributed by atoms with Gasteiger partial charge in [-0.25, -0.2) is 9.67 Å². The molecule has 0 radical (unpaired) electrons. The lowest BCUT2D eigenvalue weighted by atomic mass is 10.5. The van der Waals surface area contributed by atoms with Gasteiger partial charge in [0.15, 0.2) is 0 Å². The first-order valence-corrected chi connectivity index (χ1v) is 3.75. The van der Waals surface area contributed by atoms with Gasteiger partial charge in [-0.1, -0.05) is 0 Å². The van der Waals surface area contributed by atoms with Crippen molar-refractivity contribution in [3.63, 3.8) is 0 Å². The normalized spacial score (nSPS) is 10.4. The second-order valence-electron chi connectivity index (χ2n) is 2.70. The zero-order valence-corrected chi connectivity index (χ0v) is 6.86. The maximum Gasteiger partial charge on any atom is 0.329 e. The first-order valence-electron chi connectivity index (χ1n) is 3.75. The Bertz CT molecular complexity index is 352. The number of H-pyrrole nitrogens is 1. The molecule has 3 N–H and O–H groups in total. The van der Waals surface area contributed by atoms with Crippen LogP contribution >= 0.6 is 0 Å². The number of nitrogens with two attached hydrogens (primary N) is 1. The molecule has 0 aliphatic rings. The number of nitrogen functional groups attached to an aromatic ring is 1. The fraction of sp³-hybridized carbons (Fsp3) is 0.125. The van der Waals surface area contributed by atoms with Crippen molar-refractivity contribution in [2.24, 2.45) is 7.05 Å². The second kappa shape index (κ2) is 2.41. The van der Waals surface area contributed by atoms with E-state index in [0.29, 0.717) is 0 Å². The number of hydrogen-bond donors (Lipinski definition) is 2. The summed E-state index contributed by atoms with van der Waals surface area (Å²) in [5.41, 5.74) is 6.50. The first kappa shape index (κ1) is 6.97. The summed E-state index contributed by atoms with van der Waals surface area (Å²) in [5, 5.41) is 3.00. The number of anilines is 1. The fourth-order valence-corrected chi connectivity index (χ4v) is 1.28. The van der Waals surface area contributed by atoms with Gasteiger partial charge in [0.05, 0.1) is 18.6 Å². The van der Waals surface area contributed by atoms with Crippen molar-refractivity contribution in [2.45, 2.75) is 0 Å². The summed E-state index contributed by atoms with van der Waals surface area (Å²) in [7, 11) is 1.92. The van der Waals surface area contributed by atoms with Gasteiger partial charge in [0.1, 0.15) is 12.7 Å². The summed E-state index contributed by atoms with van der Waals surface area (Å²) in [5.74, 6) is 0.958. The molecule has 0 fully saturated rings. The van der Waals surface area contributed by atoms with Crippen molar-refractivity contribution in [1.29, 1.82) is 0 Å². The molecule has 0 spiro atoms. The molecule has 12 heavy (non-hydrogen) atoms. The molecule has 0 aromatic carbocycles. The molecule has 0 aliphatic heterocycles. The number of aromatic nitrogens is 3. The Morgan fingerprint density at radius 1 is 1.42 bits per heavy atom. The van der Waals surface area contributed by atoms with Crippen molar-refractivity contribution >= 4 is 5.69 Å². The van der Waals surface area contributed by atoms with E-state index in [0.717, 1.165) is 11.5 Å². The molecular weight excluding hydrogens is 152 g/mol. The monoisotopic (exact) mass is 163 g/mol. The number of aryl methyl sites for hydroxylation is 1. The fourth-order valence-electron chi connectivity index (χ4n) is 1.28. The van der Waals surface area contributed by atoms with E-state index < -0.39 is 0 Å². The van der Waals surface area contributed by atoms with Gasteiger partial charge in [0.25, 0.3) is 0 Å². The topological polar surface area (TPSA) is 50.6 Å². The Labute approximate surface area is 70.2 Å². The zero-order valence-electron chi connectivity index (χ0n) is 6.86. The molecule has 0 bridgehead atoms. The summed E-state index contributed by atoms with van der Waals surface area (Å²) in [4.78, 5) is 0. The highest BCUT2D eigenvalue weighted by molar-refractivity contribution is 5.47. The van der Waals surface area contributed by atoms with Crippen LogP contribution in [0.4, 0.5) is 5.69 Å². The van der Waals surface area contributed by atoms with Crippen LogP contribution in [0.25, 0.3) is 5.82 Å². The highest BCUT2D eigenvalue weighted by atomic mass is 15.3. The molecule has 62 valence electrons. The van der Waals surface area contributed by atoms with Gasteiger partial charge in [-0.2, -0.15) is 4.68 Å². The molecule has 4 heteroatoms. The van der Waals surface area contributed by atoms with Gasteiger partial charge in [0.2, 0.25) is 0 Å². The van der Waals surface area contributed by atoms with E-state index in [1.165, 1.54) is 0 Å². The summed E-state index contributed by atoms with van der Waals surface area (Å²) < 4.78 is 3.83. The van der Waals surface area contributed by atoms with E-state index in [2.05, 4.69) is 5.10 Å². The third-order valence-corrected chi connectivity index (χ3v) is 1.84. The lowest BCUT2D eigenvalue weighted by Crippen LogP contribution is -2.34. The molecule has 2 rings (SSSR count). The predicted molar refractivity (Wildman–Crippen MR) is 45.7 cm³/mol. The summed E-state index contributed by atoms with van der Waals surface area (Å²) in [6.07, 6.45) is 5.69. The number of nitrogens with zero attached hydrogens (tertiary/aromatic N) is 2. The Hall–Kier alpha value is -1.71. The van der Waals surface area contributed by atoms with Gasteiger partial charge in [-0.05, 0) is 12.1 Å². The molecule has 4 nitrogen and oxygen atoms in total. The highest BCUT2D eigenvalue weighted by Gasteiger charge is 2.13. The van der Waals surface area contributed by atoms with Crippen LogP contribution < -0.4 is 10.4 Å². The lowest BCUT2D eigenvalue weighted by Gasteiger charge is -1.93. The maximum atomic E-state index is 5.76. The van der Waals surface area contributed by atoms with E-state index in [9.17, 15) is 0 Å². The van der Waals surface area contributed by atoms with Gasteiger partial charge in [-0.3, -0.25) is 0 Å². The van der Waals surface area contributed by atoms with E-state index in [4.69, 9.17) is 5.73 Å². The summed E-state index contributed by atoms with van der Waals surface area (Å²) in [6.45, 7) is 0. The Morgan fingerprint density at radius 2 is 2.08 bits per heavy atom. The van der Waals surface area contributed by atoms with Crippen LogP contribution in [0, 0.1) is 0 Å². The van der Waals surface area contributed by atoms with Crippen LogP contribution in [-0.4, -0.2) is 9.67 Å². The maximum absolute atomic E-state index is 5.76. The minimum absolute atomic E-state index is 0.744. The highest BCUT2D eigenvalue weighted by Crippen LogP contribution is 2.09. The van der Waals surface area contributed by atoms with Gasteiger partial charge in [-0.15, -0.1) is 0 Å². The van der Waals surface area contributed by atoms with Crippen LogP contribution in [0.3, 0.4) is 0 Å². The summed E-state index contributed by atoms with van der Waals surface area (Å²) >= 11 is 0. The smallest absolute Gasteiger partial charge is 0.329 e. The molecule has 0 saturated carbocycles. The molecule has 0 atom stereocenters. The van der Waals surface area contributed by atoms with E-state index in [1.54, 1.807) is 6.20 Å². The third-order valence-electron chi connectivity index (χ3n) is 1.84. The van der Waals surface area contributed by atoms with E-state index in [1.807, 2.05) is 40.8 Å². The SMILES string of the molecule is C[n+]1[nH]cc(N)c1-n1cccc1. The van der Waals surface area contributed by atoms with Crippen molar-refractivity contribution in [3.8, 4) is 5.82 Å². The molecule has 0 unspecified atom stereocenters. The van der Waals surface area contributed by atoms with Crippen molar-refractivity contribution in [2.75, 3.05) is 5.73 Å². The molecule has 2 aromatic heterocycles. The Morgan fingerprint density at radius 3 is 2.58 bits per heavy atom. The second-order valence-corrected chi connectivity index (χ2v) is 2.70. The molecule has 2 aromatic rings. The molecule has 0 saturated heterocycles. The average molecular weight is 163 g/mol.